The highest BCUT2D eigenvalue weighted by Gasteiger charge is 2.37. The molecule has 0 radical (unpaired) electrons. The van der Waals surface area contributed by atoms with Crippen LogP contribution in [-0.4, -0.2) is 33.7 Å². The highest BCUT2D eigenvalue weighted by atomic mass is 16.4. The fourth-order valence-electron chi connectivity index (χ4n) is 2.92. The van der Waals surface area contributed by atoms with E-state index in [2.05, 4.69) is 0 Å². The molecule has 0 aliphatic rings. The van der Waals surface area contributed by atoms with Gasteiger partial charge in [-0.15, -0.1) is 0 Å². The number of hydrogen-bond donors (Lipinski definition) is 2. The Bertz CT molecular complexity index is 805. The summed E-state index contributed by atoms with van der Waals surface area (Å²) in [5, 5.41) is 19.1. The van der Waals surface area contributed by atoms with Crippen LogP contribution in [-0.2, 0) is 9.59 Å². The van der Waals surface area contributed by atoms with Crippen molar-refractivity contribution in [3.8, 4) is 0 Å². The summed E-state index contributed by atoms with van der Waals surface area (Å²) in [7, 11) is 0. The summed E-state index contributed by atoms with van der Waals surface area (Å²) in [6.45, 7) is 3.71. The van der Waals surface area contributed by atoms with Crippen LogP contribution in [0.5, 0.6) is 0 Å². The Labute approximate surface area is 162 Å². The van der Waals surface area contributed by atoms with E-state index in [0.29, 0.717) is 11.1 Å². The van der Waals surface area contributed by atoms with Crippen LogP contribution in [0, 0.1) is 25.7 Å². The second kappa shape index (κ2) is 9.08. The largest absolute Gasteiger partial charge is 0.481 e. The van der Waals surface area contributed by atoms with Crippen LogP contribution < -0.4 is 0 Å². The highest BCUT2D eigenvalue weighted by molar-refractivity contribution is 6.01. The summed E-state index contributed by atoms with van der Waals surface area (Å²) in [6.07, 6.45) is -0.979. The predicted molar refractivity (Wildman–Crippen MR) is 103 cm³/mol. The lowest BCUT2D eigenvalue weighted by Gasteiger charge is -2.19. The van der Waals surface area contributed by atoms with Gasteiger partial charge in [0.2, 0.25) is 0 Å². The molecule has 0 unspecified atom stereocenters. The minimum Gasteiger partial charge on any atom is -0.481 e. The number of carboxylic acid groups (broad SMARTS) is 2. The van der Waals surface area contributed by atoms with Gasteiger partial charge in [-0.25, -0.2) is 0 Å². The molecule has 28 heavy (non-hydrogen) atoms. The SMILES string of the molecule is Cc1ccc(C(=O)C[C@H](C(=O)O)[C@H](CC(=O)c2ccc(C)cc2)C(=O)O)cc1. The molecule has 0 aromatic heterocycles. The number of ketones is 2. The minimum atomic E-state index is -1.50. The van der Waals surface area contributed by atoms with Crippen molar-refractivity contribution in [2.45, 2.75) is 26.7 Å². The van der Waals surface area contributed by atoms with Crippen molar-refractivity contribution in [1.82, 2.24) is 0 Å². The van der Waals surface area contributed by atoms with E-state index in [1.165, 1.54) is 0 Å². The van der Waals surface area contributed by atoms with Crippen LogP contribution >= 0.6 is 0 Å². The third kappa shape index (κ3) is 5.36. The summed E-state index contributed by atoms with van der Waals surface area (Å²) < 4.78 is 0. The third-order valence-electron chi connectivity index (χ3n) is 4.68. The Hall–Kier alpha value is -3.28. The van der Waals surface area contributed by atoms with Gasteiger partial charge in [-0.05, 0) is 13.8 Å². The smallest absolute Gasteiger partial charge is 0.307 e. The minimum absolute atomic E-state index is 0.311. The molecule has 6 nitrogen and oxygen atoms in total. The van der Waals surface area contributed by atoms with Gasteiger partial charge in [0.1, 0.15) is 0 Å². The van der Waals surface area contributed by atoms with Gasteiger partial charge in [-0.2, -0.15) is 0 Å². The van der Waals surface area contributed by atoms with E-state index in [9.17, 15) is 29.4 Å². The zero-order chi connectivity index (χ0) is 20.8. The maximum atomic E-state index is 12.4. The normalized spacial score (nSPS) is 12.8. The van der Waals surface area contributed by atoms with Gasteiger partial charge in [0.15, 0.2) is 11.6 Å². The number of aliphatic carboxylic acids is 2. The molecule has 0 bridgehead atoms. The topological polar surface area (TPSA) is 109 Å². The van der Waals surface area contributed by atoms with E-state index in [1.54, 1.807) is 48.5 Å². The number of Topliss-reactive ketones (excluding diaryl/α,β-unsaturated/α-hetero) is 2. The second-order valence-electron chi connectivity index (χ2n) is 6.88. The van der Waals surface area contributed by atoms with Gasteiger partial charge in [-0.1, -0.05) is 59.7 Å². The summed E-state index contributed by atoms with van der Waals surface area (Å²) in [5.74, 6) is -6.77. The van der Waals surface area contributed by atoms with Crippen molar-refractivity contribution in [2.75, 3.05) is 0 Å². The molecule has 2 atom stereocenters. The van der Waals surface area contributed by atoms with Crippen LogP contribution in [0.4, 0.5) is 0 Å². The fraction of sp³-hybridized carbons (Fsp3) is 0.273. The van der Waals surface area contributed by atoms with Crippen molar-refractivity contribution in [2.24, 2.45) is 11.8 Å². The number of carbonyl (C=O) groups is 4. The summed E-state index contributed by atoms with van der Waals surface area (Å²) in [4.78, 5) is 48.3. The van der Waals surface area contributed by atoms with Gasteiger partial charge >= 0.3 is 11.9 Å². The Morgan fingerprint density at radius 3 is 1.18 bits per heavy atom. The lowest BCUT2D eigenvalue weighted by atomic mass is 9.82. The fourth-order valence-corrected chi connectivity index (χ4v) is 2.92. The van der Waals surface area contributed by atoms with Gasteiger partial charge in [0.05, 0.1) is 11.8 Å². The van der Waals surface area contributed by atoms with Gasteiger partial charge < -0.3 is 10.2 Å². The molecule has 2 aromatic carbocycles. The number of carboxylic acids is 2. The quantitative estimate of drug-likeness (QED) is 0.642. The van der Waals surface area contributed by atoms with Crippen molar-refractivity contribution in [3.63, 3.8) is 0 Å². The Balaban J connectivity index is 2.21. The maximum Gasteiger partial charge on any atom is 0.307 e. The zero-order valence-corrected chi connectivity index (χ0v) is 15.7. The molecule has 0 saturated carbocycles. The first kappa shape index (κ1) is 21.0. The molecule has 146 valence electrons. The monoisotopic (exact) mass is 382 g/mol. The first-order valence-electron chi connectivity index (χ1n) is 8.84. The van der Waals surface area contributed by atoms with Crippen LogP contribution in [0.25, 0.3) is 0 Å². The van der Waals surface area contributed by atoms with E-state index in [-0.39, 0.29) is 0 Å². The van der Waals surface area contributed by atoms with Gasteiger partial charge in [0, 0.05) is 24.0 Å². The van der Waals surface area contributed by atoms with Crippen LogP contribution in [0.2, 0.25) is 0 Å². The number of hydrogen-bond acceptors (Lipinski definition) is 4. The Kier molecular flexibility index (Phi) is 6.82. The molecular weight excluding hydrogens is 360 g/mol. The second-order valence-corrected chi connectivity index (χ2v) is 6.88. The average Bonchev–Trinajstić information content (AvgIpc) is 2.64. The molecule has 0 fully saturated rings. The Morgan fingerprint density at radius 2 is 0.929 bits per heavy atom. The summed E-state index contributed by atoms with van der Waals surface area (Å²) in [6, 6.07) is 13.2. The Morgan fingerprint density at radius 1 is 0.643 bits per heavy atom. The molecule has 2 aromatic rings. The van der Waals surface area contributed by atoms with Gasteiger partial charge in [-0.3, -0.25) is 19.2 Å². The molecule has 0 aliphatic heterocycles. The lowest BCUT2D eigenvalue weighted by molar-refractivity contribution is -0.153. The summed E-state index contributed by atoms with van der Waals surface area (Å²) >= 11 is 0. The average molecular weight is 382 g/mol. The molecule has 2 N–H and O–H groups in total. The molecule has 0 heterocycles. The number of aryl methyl sites for hydroxylation is 2. The maximum absolute atomic E-state index is 12.4. The first-order chi connectivity index (χ1) is 13.2. The van der Waals surface area contributed by atoms with Crippen LogP contribution in [0.3, 0.4) is 0 Å². The van der Waals surface area contributed by atoms with E-state index < -0.39 is 48.2 Å². The molecule has 0 amide bonds. The predicted octanol–water partition coefficient (Wildman–Crippen LogP) is 3.55. The van der Waals surface area contributed by atoms with Gasteiger partial charge in [0.25, 0.3) is 0 Å². The van der Waals surface area contributed by atoms with E-state index in [1.807, 2.05) is 13.8 Å². The van der Waals surface area contributed by atoms with E-state index in [0.717, 1.165) is 11.1 Å². The highest BCUT2D eigenvalue weighted by Crippen LogP contribution is 2.25. The number of rotatable bonds is 9. The van der Waals surface area contributed by atoms with E-state index >= 15 is 0 Å². The molecule has 6 heteroatoms. The van der Waals surface area contributed by atoms with Crippen molar-refractivity contribution in [3.05, 3.63) is 70.8 Å². The molecule has 2 rings (SSSR count). The van der Waals surface area contributed by atoms with E-state index in [4.69, 9.17) is 0 Å². The molecular formula is C22H22O6. The lowest BCUT2D eigenvalue weighted by Crippen LogP contribution is -2.33. The molecule has 0 aliphatic carbocycles. The number of carbonyl (C=O) groups excluding carboxylic acids is 2. The third-order valence-corrected chi connectivity index (χ3v) is 4.68. The van der Waals surface area contributed by atoms with Crippen LogP contribution in [0.1, 0.15) is 44.7 Å². The van der Waals surface area contributed by atoms with Crippen LogP contribution in [0.15, 0.2) is 48.5 Å². The zero-order valence-electron chi connectivity index (χ0n) is 15.7. The molecule has 0 spiro atoms. The first-order valence-corrected chi connectivity index (χ1v) is 8.84. The van der Waals surface area contributed by atoms with Crippen molar-refractivity contribution >= 4 is 23.5 Å². The van der Waals surface area contributed by atoms with Crippen molar-refractivity contribution < 1.29 is 29.4 Å². The standard InChI is InChI=1S/C22H22O6/c1-13-3-7-15(8-4-13)19(23)11-17(21(25)26)18(22(27)28)12-20(24)16-9-5-14(2)6-10-16/h3-10,17-18H,11-12H2,1-2H3,(H,25,26)(H,27,28)/t17-,18-/m0/s1. The molecule has 0 saturated heterocycles. The van der Waals surface area contributed by atoms with Crippen molar-refractivity contribution in [1.29, 1.82) is 0 Å². The summed E-state index contributed by atoms with van der Waals surface area (Å²) in [5.41, 5.74) is 2.51. The number of benzene rings is 2.